The van der Waals surface area contributed by atoms with E-state index in [0.717, 1.165) is 32.1 Å². The maximum Gasteiger partial charge on any atom is 0.193 e. The molecule has 0 amide bonds. The van der Waals surface area contributed by atoms with Crippen molar-refractivity contribution in [1.29, 1.82) is 0 Å². The second-order valence-corrected chi connectivity index (χ2v) is 5.53. The SMILES string of the molecule is CCCCN(C)C(=NC)NCCCOC(C)c1ccccc1. The zero-order valence-corrected chi connectivity index (χ0v) is 14.5. The van der Waals surface area contributed by atoms with E-state index in [0.29, 0.717) is 0 Å². The van der Waals surface area contributed by atoms with Crippen molar-refractivity contribution in [3.05, 3.63) is 35.9 Å². The lowest BCUT2D eigenvalue weighted by Crippen LogP contribution is -2.40. The normalized spacial score (nSPS) is 13.0. The van der Waals surface area contributed by atoms with Crippen LogP contribution in [0.1, 0.15) is 44.8 Å². The summed E-state index contributed by atoms with van der Waals surface area (Å²) in [6.45, 7) is 6.97. The van der Waals surface area contributed by atoms with Crippen molar-refractivity contribution in [2.45, 2.75) is 39.2 Å². The molecule has 0 saturated carbocycles. The first-order valence-corrected chi connectivity index (χ1v) is 8.27. The molecule has 4 heteroatoms. The van der Waals surface area contributed by atoms with Crippen LogP contribution in [0.2, 0.25) is 0 Å². The Morgan fingerprint density at radius 2 is 2.00 bits per heavy atom. The predicted octanol–water partition coefficient (Wildman–Crippen LogP) is 3.46. The van der Waals surface area contributed by atoms with Gasteiger partial charge in [0.25, 0.3) is 0 Å². The van der Waals surface area contributed by atoms with Crippen molar-refractivity contribution in [2.75, 3.05) is 33.8 Å². The van der Waals surface area contributed by atoms with Crippen LogP contribution >= 0.6 is 0 Å². The molecule has 0 heterocycles. The van der Waals surface area contributed by atoms with E-state index in [2.05, 4.69) is 48.2 Å². The highest BCUT2D eigenvalue weighted by atomic mass is 16.5. The molecule has 0 aliphatic heterocycles. The minimum Gasteiger partial charge on any atom is -0.374 e. The second-order valence-electron chi connectivity index (χ2n) is 5.53. The number of aliphatic imine (C=N–C) groups is 1. The van der Waals surface area contributed by atoms with Gasteiger partial charge in [-0.1, -0.05) is 43.7 Å². The summed E-state index contributed by atoms with van der Waals surface area (Å²) >= 11 is 0. The average molecular weight is 305 g/mol. The lowest BCUT2D eigenvalue weighted by atomic mass is 10.1. The molecule has 0 aliphatic rings. The quantitative estimate of drug-likeness (QED) is 0.431. The molecular formula is C18H31N3O. The molecule has 4 nitrogen and oxygen atoms in total. The Kier molecular flexibility index (Phi) is 9.31. The van der Waals surface area contributed by atoms with Crippen LogP contribution in [-0.4, -0.2) is 44.7 Å². The molecule has 0 spiro atoms. The van der Waals surface area contributed by atoms with Gasteiger partial charge in [-0.25, -0.2) is 0 Å². The molecule has 1 atom stereocenters. The number of nitrogens with zero attached hydrogens (tertiary/aromatic N) is 2. The second kappa shape index (κ2) is 11.1. The van der Waals surface area contributed by atoms with Gasteiger partial charge in [0.15, 0.2) is 5.96 Å². The molecule has 0 fully saturated rings. The van der Waals surface area contributed by atoms with Crippen molar-refractivity contribution in [3.63, 3.8) is 0 Å². The van der Waals surface area contributed by atoms with Crippen molar-refractivity contribution >= 4 is 5.96 Å². The molecule has 1 unspecified atom stereocenters. The predicted molar refractivity (Wildman–Crippen MR) is 94.3 cm³/mol. The Morgan fingerprint density at radius 3 is 2.64 bits per heavy atom. The lowest BCUT2D eigenvalue weighted by molar-refractivity contribution is 0.0645. The van der Waals surface area contributed by atoms with Crippen molar-refractivity contribution in [3.8, 4) is 0 Å². The largest absolute Gasteiger partial charge is 0.374 e. The number of hydrogen-bond acceptors (Lipinski definition) is 2. The van der Waals surface area contributed by atoms with Crippen LogP contribution in [-0.2, 0) is 4.74 Å². The van der Waals surface area contributed by atoms with Crippen LogP contribution in [0.4, 0.5) is 0 Å². The first-order valence-electron chi connectivity index (χ1n) is 8.27. The van der Waals surface area contributed by atoms with E-state index in [-0.39, 0.29) is 6.10 Å². The summed E-state index contributed by atoms with van der Waals surface area (Å²) in [5, 5.41) is 3.39. The molecule has 22 heavy (non-hydrogen) atoms. The molecular weight excluding hydrogens is 274 g/mol. The number of unbranched alkanes of at least 4 members (excludes halogenated alkanes) is 1. The third-order valence-corrected chi connectivity index (χ3v) is 3.66. The molecule has 0 aliphatic carbocycles. The van der Waals surface area contributed by atoms with Crippen molar-refractivity contribution in [1.82, 2.24) is 10.2 Å². The lowest BCUT2D eigenvalue weighted by Gasteiger charge is -2.22. The van der Waals surface area contributed by atoms with Crippen LogP contribution in [0.3, 0.4) is 0 Å². The van der Waals surface area contributed by atoms with Crippen LogP contribution < -0.4 is 5.32 Å². The fourth-order valence-electron chi connectivity index (χ4n) is 2.24. The minimum atomic E-state index is 0.146. The zero-order chi connectivity index (χ0) is 16.2. The van der Waals surface area contributed by atoms with E-state index in [4.69, 9.17) is 4.74 Å². The Bertz CT molecular complexity index is 420. The van der Waals surface area contributed by atoms with Gasteiger partial charge < -0.3 is 15.0 Å². The summed E-state index contributed by atoms with van der Waals surface area (Å²) in [7, 11) is 3.91. The molecule has 124 valence electrons. The standard InChI is InChI=1S/C18H31N3O/c1-5-6-14-21(4)18(19-3)20-13-10-15-22-16(2)17-11-8-7-9-12-17/h7-9,11-12,16H,5-6,10,13-15H2,1-4H3,(H,19,20). The van der Waals surface area contributed by atoms with Gasteiger partial charge in [0, 0.05) is 33.8 Å². The molecule has 0 saturated heterocycles. The van der Waals surface area contributed by atoms with Crippen molar-refractivity contribution in [2.24, 2.45) is 4.99 Å². The van der Waals surface area contributed by atoms with Gasteiger partial charge in [-0.2, -0.15) is 0 Å². The van der Waals surface area contributed by atoms with Crippen molar-refractivity contribution < 1.29 is 4.74 Å². The Morgan fingerprint density at radius 1 is 1.27 bits per heavy atom. The summed E-state index contributed by atoms with van der Waals surface area (Å²) in [6, 6.07) is 10.3. The van der Waals surface area contributed by atoms with E-state index >= 15 is 0 Å². The van der Waals surface area contributed by atoms with Crippen LogP contribution in [0, 0.1) is 0 Å². The smallest absolute Gasteiger partial charge is 0.193 e. The summed E-state index contributed by atoms with van der Waals surface area (Å²) in [4.78, 5) is 6.49. The molecule has 1 N–H and O–H groups in total. The van der Waals surface area contributed by atoms with Gasteiger partial charge in [0.05, 0.1) is 6.10 Å². The van der Waals surface area contributed by atoms with Gasteiger partial charge in [-0.15, -0.1) is 0 Å². The van der Waals surface area contributed by atoms with Gasteiger partial charge in [0.2, 0.25) is 0 Å². The third kappa shape index (κ3) is 6.94. The first-order chi connectivity index (χ1) is 10.7. The summed E-state index contributed by atoms with van der Waals surface area (Å²) in [5.74, 6) is 0.963. The Labute approximate surface area is 135 Å². The minimum absolute atomic E-state index is 0.146. The molecule has 1 rings (SSSR count). The highest BCUT2D eigenvalue weighted by Crippen LogP contribution is 2.15. The van der Waals surface area contributed by atoms with Gasteiger partial charge in [-0.05, 0) is 25.3 Å². The highest BCUT2D eigenvalue weighted by molar-refractivity contribution is 5.79. The molecule has 0 bridgehead atoms. The molecule has 0 radical (unpaired) electrons. The molecule has 1 aromatic carbocycles. The number of ether oxygens (including phenoxy) is 1. The third-order valence-electron chi connectivity index (χ3n) is 3.66. The average Bonchev–Trinajstić information content (AvgIpc) is 2.56. The Balaban J connectivity index is 2.19. The number of benzene rings is 1. The van der Waals surface area contributed by atoms with Crippen LogP contribution in [0.25, 0.3) is 0 Å². The summed E-state index contributed by atoms with van der Waals surface area (Å²) < 4.78 is 5.88. The van der Waals surface area contributed by atoms with Crippen LogP contribution in [0.5, 0.6) is 0 Å². The molecule has 0 aromatic heterocycles. The van der Waals surface area contributed by atoms with Gasteiger partial charge in [-0.3, -0.25) is 4.99 Å². The number of nitrogens with one attached hydrogen (secondary N) is 1. The van der Waals surface area contributed by atoms with Gasteiger partial charge >= 0.3 is 0 Å². The maximum absolute atomic E-state index is 5.88. The summed E-state index contributed by atoms with van der Waals surface area (Å²) in [6.07, 6.45) is 3.51. The number of guanidine groups is 1. The van der Waals surface area contributed by atoms with E-state index in [1.807, 2.05) is 25.2 Å². The van der Waals surface area contributed by atoms with Crippen LogP contribution in [0.15, 0.2) is 35.3 Å². The maximum atomic E-state index is 5.88. The van der Waals surface area contributed by atoms with E-state index in [1.54, 1.807) is 0 Å². The Hall–Kier alpha value is -1.55. The monoisotopic (exact) mass is 305 g/mol. The highest BCUT2D eigenvalue weighted by Gasteiger charge is 2.06. The fraction of sp³-hybridized carbons (Fsp3) is 0.611. The fourth-order valence-corrected chi connectivity index (χ4v) is 2.24. The molecule has 1 aromatic rings. The van der Waals surface area contributed by atoms with E-state index in [1.165, 1.54) is 18.4 Å². The van der Waals surface area contributed by atoms with E-state index in [9.17, 15) is 0 Å². The summed E-state index contributed by atoms with van der Waals surface area (Å²) in [5.41, 5.74) is 1.23. The van der Waals surface area contributed by atoms with Gasteiger partial charge in [0.1, 0.15) is 0 Å². The van der Waals surface area contributed by atoms with E-state index < -0.39 is 0 Å². The zero-order valence-electron chi connectivity index (χ0n) is 14.5. The number of rotatable bonds is 9. The first kappa shape index (κ1) is 18.5. The number of hydrogen-bond donors (Lipinski definition) is 1. The topological polar surface area (TPSA) is 36.9 Å².